The molecule has 2 nitrogen and oxygen atoms in total. The van der Waals surface area contributed by atoms with Crippen molar-refractivity contribution in [3.8, 4) is 0 Å². The first-order valence-corrected chi connectivity index (χ1v) is 4.84. The van der Waals surface area contributed by atoms with E-state index in [1.807, 2.05) is 44.2 Å². The van der Waals surface area contributed by atoms with Crippen LogP contribution in [0, 0.1) is 0 Å². The number of aliphatic hydroxyl groups excluding tert-OH is 1. The Labute approximate surface area is 84.2 Å². The molecule has 0 amide bonds. The number of pyridine rings is 1. The number of aromatic nitrogens is 1. The van der Waals surface area contributed by atoms with Crippen molar-refractivity contribution in [2.45, 2.75) is 20.5 Å². The van der Waals surface area contributed by atoms with Crippen molar-refractivity contribution in [1.82, 2.24) is 4.98 Å². The molecule has 1 N–H and O–H groups in total. The molecule has 0 atom stereocenters. The lowest BCUT2D eigenvalue weighted by atomic mass is 10.1. The molecular weight excluding hydrogens is 174 g/mol. The van der Waals surface area contributed by atoms with E-state index in [-0.39, 0.29) is 6.61 Å². The van der Waals surface area contributed by atoms with Crippen LogP contribution in [-0.2, 0) is 6.61 Å². The average molecular weight is 189 g/mol. The topological polar surface area (TPSA) is 33.1 Å². The standard InChI is InChI=1S/C10H9NO.C2H6/c12-7-8-3-4-9-2-1-5-11-10(9)6-8;1-2/h1-6,12H,7H2;1-2H3. The minimum atomic E-state index is 0.0759. The van der Waals surface area contributed by atoms with Crippen molar-refractivity contribution >= 4 is 10.9 Å². The van der Waals surface area contributed by atoms with Crippen LogP contribution in [0.5, 0.6) is 0 Å². The minimum Gasteiger partial charge on any atom is -0.392 e. The van der Waals surface area contributed by atoms with Gasteiger partial charge in [-0.25, -0.2) is 0 Å². The van der Waals surface area contributed by atoms with E-state index >= 15 is 0 Å². The highest BCUT2D eigenvalue weighted by Gasteiger charge is 1.94. The second-order valence-electron chi connectivity index (χ2n) is 2.69. The Bertz CT molecular complexity index is 398. The molecule has 1 aromatic heterocycles. The fraction of sp³-hybridized carbons (Fsp3) is 0.250. The molecule has 0 saturated heterocycles. The van der Waals surface area contributed by atoms with Crippen molar-refractivity contribution < 1.29 is 5.11 Å². The molecular formula is C12H15NO. The maximum Gasteiger partial charge on any atom is 0.0705 e. The second-order valence-corrected chi connectivity index (χ2v) is 2.69. The lowest BCUT2D eigenvalue weighted by molar-refractivity contribution is 0.282. The molecule has 0 unspecified atom stereocenters. The van der Waals surface area contributed by atoms with E-state index in [9.17, 15) is 0 Å². The molecule has 2 rings (SSSR count). The lowest BCUT2D eigenvalue weighted by Crippen LogP contribution is -1.83. The third-order valence-corrected chi connectivity index (χ3v) is 1.85. The molecule has 1 aromatic carbocycles. The minimum absolute atomic E-state index is 0.0759. The van der Waals surface area contributed by atoms with Gasteiger partial charge < -0.3 is 5.11 Å². The van der Waals surface area contributed by atoms with Crippen LogP contribution >= 0.6 is 0 Å². The van der Waals surface area contributed by atoms with E-state index in [0.29, 0.717) is 0 Å². The summed E-state index contributed by atoms with van der Waals surface area (Å²) in [4.78, 5) is 4.18. The summed E-state index contributed by atoms with van der Waals surface area (Å²) in [5.41, 5.74) is 1.84. The van der Waals surface area contributed by atoms with E-state index in [2.05, 4.69) is 4.98 Å². The van der Waals surface area contributed by atoms with Crippen molar-refractivity contribution in [2.75, 3.05) is 0 Å². The Balaban J connectivity index is 0.000000461. The summed E-state index contributed by atoms with van der Waals surface area (Å²) in [5, 5.41) is 9.98. The van der Waals surface area contributed by atoms with Gasteiger partial charge in [-0.15, -0.1) is 0 Å². The number of aliphatic hydroxyl groups is 1. The van der Waals surface area contributed by atoms with Crippen LogP contribution in [0.1, 0.15) is 19.4 Å². The van der Waals surface area contributed by atoms with Gasteiger partial charge >= 0.3 is 0 Å². The monoisotopic (exact) mass is 189 g/mol. The smallest absolute Gasteiger partial charge is 0.0705 e. The van der Waals surface area contributed by atoms with Crippen LogP contribution in [0.15, 0.2) is 36.5 Å². The van der Waals surface area contributed by atoms with Gasteiger partial charge in [0.1, 0.15) is 0 Å². The van der Waals surface area contributed by atoms with E-state index in [4.69, 9.17) is 5.11 Å². The van der Waals surface area contributed by atoms with Crippen molar-refractivity contribution in [3.63, 3.8) is 0 Å². The number of fused-ring (bicyclic) bond motifs is 1. The van der Waals surface area contributed by atoms with Gasteiger partial charge in [0, 0.05) is 11.6 Å². The first-order chi connectivity index (χ1) is 6.90. The molecule has 2 heteroatoms. The van der Waals surface area contributed by atoms with Crippen molar-refractivity contribution in [1.29, 1.82) is 0 Å². The summed E-state index contributed by atoms with van der Waals surface area (Å²) in [6.45, 7) is 4.08. The molecule has 0 bridgehead atoms. The predicted octanol–water partition coefficient (Wildman–Crippen LogP) is 2.75. The number of hydrogen-bond donors (Lipinski definition) is 1. The Kier molecular flexibility index (Phi) is 4.08. The SMILES string of the molecule is CC.OCc1ccc2cccnc2c1. The van der Waals surface area contributed by atoms with Gasteiger partial charge in [-0.1, -0.05) is 32.0 Å². The molecule has 0 fully saturated rings. The summed E-state index contributed by atoms with van der Waals surface area (Å²) in [5.74, 6) is 0. The van der Waals surface area contributed by atoms with Crippen LogP contribution in [0.25, 0.3) is 10.9 Å². The van der Waals surface area contributed by atoms with Crippen LogP contribution in [0.4, 0.5) is 0 Å². The second kappa shape index (κ2) is 5.35. The molecule has 0 spiro atoms. The summed E-state index contributed by atoms with van der Waals surface area (Å²) in [7, 11) is 0. The molecule has 14 heavy (non-hydrogen) atoms. The molecule has 1 heterocycles. The van der Waals surface area contributed by atoms with E-state index in [1.165, 1.54) is 0 Å². The number of hydrogen-bond acceptors (Lipinski definition) is 2. The lowest BCUT2D eigenvalue weighted by Gasteiger charge is -1.98. The third-order valence-electron chi connectivity index (χ3n) is 1.85. The fourth-order valence-electron chi connectivity index (χ4n) is 1.21. The summed E-state index contributed by atoms with van der Waals surface area (Å²) < 4.78 is 0. The summed E-state index contributed by atoms with van der Waals surface area (Å²) >= 11 is 0. The molecule has 74 valence electrons. The largest absolute Gasteiger partial charge is 0.392 e. The quantitative estimate of drug-likeness (QED) is 0.748. The van der Waals surface area contributed by atoms with Crippen molar-refractivity contribution in [3.05, 3.63) is 42.1 Å². The van der Waals surface area contributed by atoms with Gasteiger partial charge in [0.25, 0.3) is 0 Å². The number of benzene rings is 1. The summed E-state index contributed by atoms with van der Waals surface area (Å²) in [6, 6.07) is 9.68. The zero-order valence-electron chi connectivity index (χ0n) is 8.57. The third kappa shape index (κ3) is 2.30. The normalized spacial score (nSPS) is 9.36. The van der Waals surface area contributed by atoms with E-state index in [1.54, 1.807) is 6.20 Å². The number of nitrogens with zero attached hydrogens (tertiary/aromatic N) is 1. The van der Waals surface area contributed by atoms with Gasteiger partial charge in [0.05, 0.1) is 12.1 Å². The number of rotatable bonds is 1. The molecule has 0 radical (unpaired) electrons. The van der Waals surface area contributed by atoms with E-state index in [0.717, 1.165) is 16.5 Å². The molecule has 2 aromatic rings. The average Bonchev–Trinajstić information content (AvgIpc) is 2.31. The van der Waals surface area contributed by atoms with Gasteiger partial charge in [-0.05, 0) is 17.7 Å². The van der Waals surface area contributed by atoms with Crippen LogP contribution in [0.3, 0.4) is 0 Å². The Morgan fingerprint density at radius 3 is 2.71 bits per heavy atom. The zero-order valence-corrected chi connectivity index (χ0v) is 8.57. The van der Waals surface area contributed by atoms with Crippen LogP contribution in [-0.4, -0.2) is 10.1 Å². The fourth-order valence-corrected chi connectivity index (χ4v) is 1.21. The molecule has 0 aliphatic heterocycles. The Hall–Kier alpha value is -1.41. The summed E-state index contributed by atoms with van der Waals surface area (Å²) in [6.07, 6.45) is 1.75. The highest BCUT2D eigenvalue weighted by Crippen LogP contribution is 2.12. The van der Waals surface area contributed by atoms with Crippen LogP contribution < -0.4 is 0 Å². The maximum atomic E-state index is 8.87. The predicted molar refractivity (Wildman–Crippen MR) is 59.0 cm³/mol. The van der Waals surface area contributed by atoms with E-state index < -0.39 is 0 Å². The van der Waals surface area contributed by atoms with Gasteiger partial charge in [0.2, 0.25) is 0 Å². The molecule has 0 aliphatic carbocycles. The Morgan fingerprint density at radius 2 is 2.00 bits per heavy atom. The maximum absolute atomic E-state index is 8.87. The van der Waals surface area contributed by atoms with Gasteiger partial charge in [-0.3, -0.25) is 4.98 Å². The highest BCUT2D eigenvalue weighted by molar-refractivity contribution is 5.78. The first-order valence-electron chi connectivity index (χ1n) is 4.84. The van der Waals surface area contributed by atoms with Gasteiger partial charge in [-0.2, -0.15) is 0 Å². The molecule has 0 aliphatic rings. The first kappa shape index (κ1) is 10.7. The molecule has 0 saturated carbocycles. The highest BCUT2D eigenvalue weighted by atomic mass is 16.3. The van der Waals surface area contributed by atoms with Crippen LogP contribution in [0.2, 0.25) is 0 Å². The van der Waals surface area contributed by atoms with Gasteiger partial charge in [0.15, 0.2) is 0 Å². The van der Waals surface area contributed by atoms with Crippen molar-refractivity contribution in [2.24, 2.45) is 0 Å². The zero-order chi connectivity index (χ0) is 10.4. The Morgan fingerprint density at radius 1 is 1.21 bits per heavy atom.